The van der Waals surface area contributed by atoms with Crippen molar-refractivity contribution in [3.05, 3.63) is 65.0 Å². The molecular formula is C15H12N2O5. The van der Waals surface area contributed by atoms with Gasteiger partial charge in [0.1, 0.15) is 12.8 Å². The Balaban J connectivity index is 2.73. The fraction of sp³-hybridized carbons (Fsp3) is 0.0667. The van der Waals surface area contributed by atoms with Crippen molar-refractivity contribution in [1.82, 2.24) is 4.98 Å². The first-order chi connectivity index (χ1) is 10.6. The van der Waals surface area contributed by atoms with E-state index in [9.17, 15) is 19.8 Å². The number of carboxylic acid groups (broad SMARTS) is 2. The number of carbonyl (C=O) groups is 2. The molecule has 0 unspecified atom stereocenters. The van der Waals surface area contributed by atoms with Gasteiger partial charge in [-0.2, -0.15) is 0 Å². The molecule has 2 rings (SSSR count). The van der Waals surface area contributed by atoms with Gasteiger partial charge in [0.05, 0.1) is 11.1 Å². The molecule has 2 N–H and O–H groups in total. The highest BCUT2D eigenvalue weighted by Crippen LogP contribution is 2.20. The summed E-state index contributed by atoms with van der Waals surface area (Å²) >= 11 is 0. The highest BCUT2D eigenvalue weighted by atomic mass is 16.6. The van der Waals surface area contributed by atoms with Crippen molar-refractivity contribution in [3.63, 3.8) is 0 Å². The maximum atomic E-state index is 11.5. The summed E-state index contributed by atoms with van der Waals surface area (Å²) in [6, 6.07) is 7.47. The van der Waals surface area contributed by atoms with Gasteiger partial charge in [-0.15, -0.1) is 0 Å². The number of aromatic nitrogens is 1. The second kappa shape index (κ2) is 6.49. The predicted octanol–water partition coefficient (Wildman–Crippen LogP) is 1.88. The summed E-state index contributed by atoms with van der Waals surface area (Å²) in [5.41, 5.74) is 0.167. The summed E-state index contributed by atoms with van der Waals surface area (Å²) < 4.78 is 0. The molecule has 0 saturated carbocycles. The molecule has 1 aromatic carbocycles. The van der Waals surface area contributed by atoms with Crippen molar-refractivity contribution in [2.75, 3.05) is 7.11 Å². The van der Waals surface area contributed by atoms with E-state index < -0.39 is 11.9 Å². The minimum Gasteiger partial charge on any atom is -0.478 e. The topological polar surface area (TPSA) is 109 Å². The molecule has 0 radical (unpaired) electrons. The lowest BCUT2D eigenvalue weighted by Gasteiger charge is -2.11. The number of carboxylic acids is 2. The van der Waals surface area contributed by atoms with Crippen LogP contribution in [0.3, 0.4) is 0 Å². The Morgan fingerprint density at radius 2 is 1.82 bits per heavy atom. The van der Waals surface area contributed by atoms with Gasteiger partial charge in [-0.25, -0.2) is 9.59 Å². The summed E-state index contributed by atoms with van der Waals surface area (Å²) in [6.07, 6.45) is 3.04. The molecule has 22 heavy (non-hydrogen) atoms. The van der Waals surface area contributed by atoms with Crippen LogP contribution in [0.2, 0.25) is 0 Å². The van der Waals surface area contributed by atoms with E-state index in [0.29, 0.717) is 5.56 Å². The largest absolute Gasteiger partial charge is 0.478 e. The number of benzene rings is 1. The number of rotatable bonds is 5. The zero-order chi connectivity index (χ0) is 16.1. The average Bonchev–Trinajstić information content (AvgIpc) is 2.52. The molecule has 2 aromatic rings. The highest BCUT2D eigenvalue weighted by molar-refractivity contribution is 6.19. The second-order valence-electron chi connectivity index (χ2n) is 4.20. The molecule has 112 valence electrons. The van der Waals surface area contributed by atoms with Gasteiger partial charge >= 0.3 is 11.9 Å². The Morgan fingerprint density at radius 3 is 2.36 bits per heavy atom. The maximum absolute atomic E-state index is 11.5. The zero-order valence-corrected chi connectivity index (χ0v) is 11.6. The monoisotopic (exact) mass is 300 g/mol. The van der Waals surface area contributed by atoms with E-state index in [1.54, 1.807) is 18.3 Å². The second-order valence-corrected chi connectivity index (χ2v) is 4.20. The number of hydrogen-bond donors (Lipinski definition) is 2. The predicted molar refractivity (Wildman–Crippen MR) is 77.2 cm³/mol. The summed E-state index contributed by atoms with van der Waals surface area (Å²) in [5.74, 6) is -2.69. The van der Waals surface area contributed by atoms with Crippen LogP contribution >= 0.6 is 0 Å². The van der Waals surface area contributed by atoms with E-state index >= 15 is 0 Å². The van der Waals surface area contributed by atoms with E-state index in [-0.39, 0.29) is 22.4 Å². The molecule has 7 heteroatoms. The van der Waals surface area contributed by atoms with Crippen LogP contribution in [0.4, 0.5) is 0 Å². The van der Waals surface area contributed by atoms with Gasteiger partial charge in [0.2, 0.25) is 0 Å². The van der Waals surface area contributed by atoms with Gasteiger partial charge in [-0.1, -0.05) is 17.3 Å². The quantitative estimate of drug-likeness (QED) is 0.644. The standard InChI is InChI=1S/C15H12N2O5/c1-22-17-13(9-4-3-7-16-8-9)10-5-2-6-11(14(18)19)12(10)15(20)21/h2-8H,1H3,(H,18,19)(H,20,21). The fourth-order valence-electron chi connectivity index (χ4n) is 2.01. The van der Waals surface area contributed by atoms with Gasteiger partial charge in [-0.05, 0) is 18.2 Å². The van der Waals surface area contributed by atoms with E-state index in [4.69, 9.17) is 4.84 Å². The molecule has 0 amide bonds. The lowest BCUT2D eigenvalue weighted by molar-refractivity contribution is 0.0651. The van der Waals surface area contributed by atoms with E-state index in [1.165, 1.54) is 31.5 Å². The summed E-state index contributed by atoms with van der Waals surface area (Å²) in [6.45, 7) is 0. The van der Waals surface area contributed by atoms with Gasteiger partial charge in [0.25, 0.3) is 0 Å². The molecule has 0 aliphatic rings. The normalized spacial score (nSPS) is 11.0. The zero-order valence-electron chi connectivity index (χ0n) is 11.6. The molecule has 1 aromatic heterocycles. The summed E-state index contributed by atoms with van der Waals surface area (Å²) in [4.78, 5) is 31.5. The molecule has 7 nitrogen and oxygen atoms in total. The SMILES string of the molecule is CON=C(c1cccnc1)c1cccc(C(=O)O)c1C(=O)O. The Kier molecular flexibility index (Phi) is 4.47. The Labute approximate surface area is 125 Å². The van der Waals surface area contributed by atoms with Crippen LogP contribution < -0.4 is 0 Å². The van der Waals surface area contributed by atoms with Crippen molar-refractivity contribution >= 4 is 17.7 Å². The van der Waals surface area contributed by atoms with Gasteiger partial charge in [0, 0.05) is 23.5 Å². The number of aromatic carboxylic acids is 2. The van der Waals surface area contributed by atoms with Crippen LogP contribution in [-0.2, 0) is 4.84 Å². The maximum Gasteiger partial charge on any atom is 0.337 e. The molecule has 0 aliphatic carbocycles. The molecule has 0 spiro atoms. The number of pyridine rings is 1. The lowest BCUT2D eigenvalue weighted by Crippen LogP contribution is -2.16. The highest BCUT2D eigenvalue weighted by Gasteiger charge is 2.23. The molecule has 0 aliphatic heterocycles. The van der Waals surface area contributed by atoms with Crippen LogP contribution in [0.15, 0.2) is 47.9 Å². The molecule has 0 saturated heterocycles. The molecular weight excluding hydrogens is 288 g/mol. The van der Waals surface area contributed by atoms with Gasteiger partial charge in [0.15, 0.2) is 0 Å². The van der Waals surface area contributed by atoms with E-state index in [0.717, 1.165) is 0 Å². The third kappa shape index (κ3) is 2.93. The summed E-state index contributed by atoms with van der Waals surface area (Å²) in [7, 11) is 1.32. The summed E-state index contributed by atoms with van der Waals surface area (Å²) in [5, 5.41) is 22.4. The average molecular weight is 300 g/mol. The smallest absolute Gasteiger partial charge is 0.337 e. The van der Waals surface area contributed by atoms with E-state index in [1.807, 2.05) is 0 Å². The van der Waals surface area contributed by atoms with Crippen LogP contribution in [0.5, 0.6) is 0 Å². The molecule has 0 bridgehead atoms. The first-order valence-electron chi connectivity index (χ1n) is 6.17. The first-order valence-corrected chi connectivity index (χ1v) is 6.17. The van der Waals surface area contributed by atoms with Crippen LogP contribution in [0.1, 0.15) is 31.8 Å². The van der Waals surface area contributed by atoms with Crippen LogP contribution in [-0.4, -0.2) is 40.0 Å². The van der Waals surface area contributed by atoms with Crippen molar-refractivity contribution in [1.29, 1.82) is 0 Å². The lowest BCUT2D eigenvalue weighted by atomic mass is 9.94. The van der Waals surface area contributed by atoms with Gasteiger partial charge in [-0.3, -0.25) is 4.98 Å². The van der Waals surface area contributed by atoms with Crippen molar-refractivity contribution in [2.24, 2.45) is 5.16 Å². The van der Waals surface area contributed by atoms with Crippen molar-refractivity contribution < 1.29 is 24.6 Å². The van der Waals surface area contributed by atoms with Crippen LogP contribution in [0.25, 0.3) is 0 Å². The number of nitrogens with zero attached hydrogens (tertiary/aromatic N) is 2. The molecule has 0 fully saturated rings. The van der Waals surface area contributed by atoms with Crippen molar-refractivity contribution in [2.45, 2.75) is 0 Å². The Hall–Kier alpha value is -3.22. The Bertz CT molecular complexity index is 741. The molecule has 0 atom stereocenters. The Morgan fingerprint density at radius 1 is 1.09 bits per heavy atom. The third-order valence-electron chi connectivity index (χ3n) is 2.88. The van der Waals surface area contributed by atoms with Crippen molar-refractivity contribution in [3.8, 4) is 0 Å². The fourth-order valence-corrected chi connectivity index (χ4v) is 2.01. The minimum absolute atomic E-state index is 0.141. The van der Waals surface area contributed by atoms with E-state index in [2.05, 4.69) is 10.1 Å². The van der Waals surface area contributed by atoms with Crippen LogP contribution in [0, 0.1) is 0 Å². The number of hydrogen-bond acceptors (Lipinski definition) is 5. The third-order valence-corrected chi connectivity index (χ3v) is 2.88. The van der Waals surface area contributed by atoms with Gasteiger partial charge < -0.3 is 15.1 Å². The minimum atomic E-state index is -1.36. The molecule has 1 heterocycles. The number of oxime groups is 1. The first kappa shape index (κ1) is 15.2.